The van der Waals surface area contributed by atoms with Gasteiger partial charge >= 0.3 is 21.6 Å². The zero-order valence-corrected chi connectivity index (χ0v) is 16.7. The third-order valence-corrected chi connectivity index (χ3v) is 6.81. The molecule has 1 aliphatic rings. The van der Waals surface area contributed by atoms with Gasteiger partial charge < -0.3 is 9.64 Å². The summed E-state index contributed by atoms with van der Waals surface area (Å²) >= 11 is 0. The normalized spacial score (nSPS) is 17.1. The lowest BCUT2D eigenvalue weighted by atomic mass is 10.1. The Morgan fingerprint density at radius 3 is 2.45 bits per heavy atom. The van der Waals surface area contributed by atoms with E-state index in [9.17, 15) is 39.6 Å². The molecule has 1 aromatic carbocycles. The molecule has 0 radical (unpaired) electrons. The second kappa shape index (κ2) is 8.18. The Morgan fingerprint density at radius 1 is 1.28 bits per heavy atom. The van der Waals surface area contributed by atoms with E-state index in [1.165, 1.54) is 25.1 Å². The third kappa shape index (κ3) is 4.98. The molecule has 0 aromatic heterocycles. The zero-order chi connectivity index (χ0) is 22.0. The molecule has 2 amide bonds. The number of alkyl halides is 3. The number of rotatable bonds is 5. The summed E-state index contributed by atoms with van der Waals surface area (Å²) in [5.41, 5.74) is -6.55. The Morgan fingerprint density at radius 2 is 1.90 bits per heavy atom. The highest BCUT2D eigenvalue weighted by atomic mass is 32.2. The molecule has 0 saturated carbocycles. The summed E-state index contributed by atoms with van der Waals surface area (Å²) in [7, 11) is -9.72. The number of sulfonamides is 1. The minimum absolute atomic E-state index is 0.110. The van der Waals surface area contributed by atoms with E-state index < -0.39 is 59.7 Å². The van der Waals surface area contributed by atoms with Crippen molar-refractivity contribution in [2.75, 3.05) is 29.0 Å². The van der Waals surface area contributed by atoms with Gasteiger partial charge in [0.05, 0.1) is 18.0 Å². The average molecular weight is 458 g/mol. The summed E-state index contributed by atoms with van der Waals surface area (Å²) in [6.45, 7) is 0.289. The number of carbonyl (C=O) groups is 2. The molecule has 0 spiro atoms. The number of ether oxygens (including phenoxy) is 1. The van der Waals surface area contributed by atoms with Gasteiger partial charge in [-0.15, -0.1) is 0 Å². The Balaban J connectivity index is 2.49. The predicted octanol–water partition coefficient (Wildman–Crippen LogP) is 1.26. The fourth-order valence-corrected chi connectivity index (χ4v) is 4.65. The van der Waals surface area contributed by atoms with Crippen molar-refractivity contribution in [2.24, 2.45) is 0 Å². The second-order valence-corrected chi connectivity index (χ2v) is 9.91. The summed E-state index contributed by atoms with van der Waals surface area (Å²) < 4.78 is 90.4. The monoisotopic (exact) mass is 458 g/mol. The highest BCUT2D eigenvalue weighted by molar-refractivity contribution is 7.94. The molecule has 9 nitrogen and oxygen atoms in total. The van der Waals surface area contributed by atoms with Crippen LogP contribution >= 0.6 is 0 Å². The first-order valence-electron chi connectivity index (χ1n) is 8.14. The molecule has 1 aliphatic heterocycles. The number of hydrogen-bond donors (Lipinski definition) is 0. The van der Waals surface area contributed by atoms with Crippen LogP contribution in [0.3, 0.4) is 0 Å². The number of para-hydroxylation sites is 1. The van der Waals surface area contributed by atoms with Crippen molar-refractivity contribution in [1.82, 2.24) is 4.90 Å². The Labute approximate surface area is 165 Å². The number of anilines is 1. The van der Waals surface area contributed by atoms with Gasteiger partial charge in [0.1, 0.15) is 5.75 Å². The molecule has 0 N–H and O–H groups in total. The fourth-order valence-electron chi connectivity index (χ4n) is 2.55. The van der Waals surface area contributed by atoms with Crippen molar-refractivity contribution in [3.8, 4) is 0 Å². The first-order valence-corrected chi connectivity index (χ1v) is 11.4. The van der Waals surface area contributed by atoms with Crippen LogP contribution in [0.1, 0.15) is 12.5 Å². The van der Waals surface area contributed by atoms with Crippen LogP contribution in [0, 0.1) is 0 Å². The molecule has 0 aliphatic carbocycles. The van der Waals surface area contributed by atoms with Gasteiger partial charge in [-0.3, -0.25) is 4.79 Å². The lowest BCUT2D eigenvalue weighted by molar-refractivity contribution is -0.129. The Hall–Kier alpha value is -2.35. The van der Waals surface area contributed by atoms with E-state index in [1.807, 2.05) is 0 Å². The summed E-state index contributed by atoms with van der Waals surface area (Å²) in [5.74, 6) is -1.89. The van der Waals surface area contributed by atoms with Crippen LogP contribution in [0.15, 0.2) is 24.3 Å². The highest BCUT2D eigenvalue weighted by Crippen LogP contribution is 2.34. The van der Waals surface area contributed by atoms with Gasteiger partial charge in [-0.2, -0.15) is 25.9 Å². The second-order valence-electron chi connectivity index (χ2n) is 5.95. The molecule has 0 atom stereocenters. The lowest BCUT2D eigenvalue weighted by Crippen LogP contribution is -2.47. The maximum atomic E-state index is 13.1. The third-order valence-electron chi connectivity index (χ3n) is 3.91. The van der Waals surface area contributed by atoms with Gasteiger partial charge in [0.15, 0.2) is 9.84 Å². The molecule has 0 unspecified atom stereocenters. The average Bonchev–Trinajstić information content (AvgIpc) is 2.57. The maximum absolute atomic E-state index is 13.1. The van der Waals surface area contributed by atoms with Gasteiger partial charge in [0.25, 0.3) is 0 Å². The van der Waals surface area contributed by atoms with Gasteiger partial charge in [-0.05, 0) is 18.6 Å². The molecular weight excluding hydrogens is 441 g/mol. The highest BCUT2D eigenvalue weighted by Gasteiger charge is 2.53. The molecule has 1 fully saturated rings. The molecule has 0 bridgehead atoms. The number of amides is 2. The topological polar surface area (TPSA) is 118 Å². The molecule has 29 heavy (non-hydrogen) atoms. The Kier molecular flexibility index (Phi) is 6.47. The maximum Gasteiger partial charge on any atom is 0.517 e. The van der Waals surface area contributed by atoms with Gasteiger partial charge in [-0.25, -0.2) is 13.2 Å². The molecule has 1 heterocycles. The van der Waals surface area contributed by atoms with Crippen molar-refractivity contribution >= 4 is 37.5 Å². The number of sulfone groups is 1. The number of hydrogen-bond acceptors (Lipinski definition) is 7. The largest absolute Gasteiger partial charge is 0.517 e. The van der Waals surface area contributed by atoms with E-state index in [0.29, 0.717) is 0 Å². The lowest BCUT2D eigenvalue weighted by Gasteiger charge is -2.29. The molecule has 1 saturated heterocycles. The smallest absolute Gasteiger partial charge is 0.449 e. The molecule has 14 heteroatoms. The minimum Gasteiger partial charge on any atom is -0.449 e. The van der Waals surface area contributed by atoms with Crippen LogP contribution in [-0.4, -0.2) is 63.9 Å². The van der Waals surface area contributed by atoms with Crippen LogP contribution in [0.5, 0.6) is 0 Å². The number of nitrogens with zero attached hydrogens (tertiary/aromatic N) is 2. The minimum atomic E-state index is -6.15. The van der Waals surface area contributed by atoms with Gasteiger partial charge in [0, 0.05) is 13.1 Å². The zero-order valence-electron chi connectivity index (χ0n) is 15.0. The first kappa shape index (κ1) is 22.9. The molecule has 162 valence electrons. The van der Waals surface area contributed by atoms with Gasteiger partial charge in [0.2, 0.25) is 5.91 Å². The first-order chi connectivity index (χ1) is 13.3. The van der Waals surface area contributed by atoms with Crippen molar-refractivity contribution in [1.29, 1.82) is 0 Å². The van der Waals surface area contributed by atoms with E-state index in [0.717, 1.165) is 11.0 Å². The summed E-state index contributed by atoms with van der Waals surface area (Å²) in [6.07, 6.45) is -1.76. The van der Waals surface area contributed by atoms with E-state index >= 15 is 0 Å². The standard InChI is InChI=1S/C15H17F3N2O7S2/c1-2-27-14(22)20(29(25,26)15(16,17)18)12-6-4-3-5-11(12)9-19-7-8-28(23,24)10-13(19)21/h3-6H,2,7-10H2,1H3. The number of halogens is 3. The van der Waals surface area contributed by atoms with Crippen molar-refractivity contribution in [3.63, 3.8) is 0 Å². The van der Waals surface area contributed by atoms with Crippen LogP contribution in [0.2, 0.25) is 0 Å². The summed E-state index contributed by atoms with van der Waals surface area (Å²) in [4.78, 5) is 25.2. The number of benzene rings is 1. The number of carbonyl (C=O) groups excluding carboxylic acids is 2. The summed E-state index contributed by atoms with van der Waals surface area (Å²) in [5, 5.41) is 0. The quantitative estimate of drug-likeness (QED) is 0.652. The fraction of sp³-hybridized carbons (Fsp3) is 0.467. The van der Waals surface area contributed by atoms with E-state index in [1.54, 1.807) is 0 Å². The van der Waals surface area contributed by atoms with E-state index in [2.05, 4.69) is 4.74 Å². The van der Waals surface area contributed by atoms with Gasteiger partial charge in [-0.1, -0.05) is 18.2 Å². The van der Waals surface area contributed by atoms with Crippen LogP contribution in [0.25, 0.3) is 0 Å². The predicted molar refractivity (Wildman–Crippen MR) is 95.0 cm³/mol. The van der Waals surface area contributed by atoms with E-state index in [-0.39, 0.29) is 24.5 Å². The Bertz CT molecular complexity index is 1010. The summed E-state index contributed by atoms with van der Waals surface area (Å²) in [6, 6.07) is 4.76. The molecular formula is C15H17F3N2O7S2. The van der Waals surface area contributed by atoms with E-state index in [4.69, 9.17) is 0 Å². The van der Waals surface area contributed by atoms with Crippen LogP contribution in [-0.2, 0) is 35.9 Å². The molecule has 2 rings (SSSR count). The van der Waals surface area contributed by atoms with Crippen molar-refractivity contribution in [2.45, 2.75) is 19.0 Å². The van der Waals surface area contributed by atoms with Crippen molar-refractivity contribution < 1.29 is 44.3 Å². The van der Waals surface area contributed by atoms with Crippen LogP contribution in [0.4, 0.5) is 23.7 Å². The SMILES string of the molecule is CCOC(=O)N(c1ccccc1CN1CCS(=O)(=O)CC1=O)S(=O)(=O)C(F)(F)F. The van der Waals surface area contributed by atoms with Crippen LogP contribution < -0.4 is 4.31 Å². The van der Waals surface area contributed by atoms with Crippen molar-refractivity contribution in [3.05, 3.63) is 29.8 Å². The molecule has 1 aromatic rings.